The summed E-state index contributed by atoms with van der Waals surface area (Å²) in [5, 5.41) is 26.4. The van der Waals surface area contributed by atoms with Crippen molar-refractivity contribution in [2.75, 3.05) is 19.7 Å². The molecular formula is C8H13F2NO4. The van der Waals surface area contributed by atoms with Crippen molar-refractivity contribution in [2.24, 2.45) is 0 Å². The van der Waals surface area contributed by atoms with E-state index in [2.05, 4.69) is 0 Å². The van der Waals surface area contributed by atoms with Crippen molar-refractivity contribution in [1.29, 1.82) is 0 Å². The maximum atomic E-state index is 13.0. The van der Waals surface area contributed by atoms with E-state index in [1.165, 1.54) is 0 Å². The lowest BCUT2D eigenvalue weighted by atomic mass is 10.0. The predicted molar refractivity (Wildman–Crippen MR) is 45.2 cm³/mol. The average molecular weight is 225 g/mol. The molecule has 1 fully saturated rings. The number of hydrogen-bond donors (Lipinski definition) is 3. The zero-order chi connectivity index (χ0) is 11.6. The van der Waals surface area contributed by atoms with Gasteiger partial charge in [0.2, 0.25) is 0 Å². The predicted octanol–water partition coefficient (Wildman–Crippen LogP) is -1.43. The second kappa shape index (κ2) is 4.38. The fourth-order valence-electron chi connectivity index (χ4n) is 1.41. The van der Waals surface area contributed by atoms with E-state index >= 15 is 0 Å². The largest absolute Gasteiger partial charge is 0.393 e. The number of rotatable bonds is 2. The van der Waals surface area contributed by atoms with Crippen molar-refractivity contribution in [2.45, 2.75) is 24.6 Å². The van der Waals surface area contributed by atoms with E-state index in [1.807, 2.05) is 0 Å². The first kappa shape index (κ1) is 12.3. The van der Waals surface area contributed by atoms with Gasteiger partial charge in [0.1, 0.15) is 6.10 Å². The van der Waals surface area contributed by atoms with Crippen molar-refractivity contribution < 1.29 is 28.9 Å². The van der Waals surface area contributed by atoms with Crippen molar-refractivity contribution in [1.82, 2.24) is 4.90 Å². The maximum Gasteiger partial charge on any atom is 0.290 e. The summed E-state index contributed by atoms with van der Waals surface area (Å²) in [7, 11) is 0. The van der Waals surface area contributed by atoms with Crippen LogP contribution in [0.3, 0.4) is 0 Å². The minimum atomic E-state index is -3.36. The second-order valence-electron chi connectivity index (χ2n) is 3.52. The summed E-state index contributed by atoms with van der Waals surface area (Å²) in [6.45, 7) is -1.78. The van der Waals surface area contributed by atoms with Gasteiger partial charge < -0.3 is 20.2 Å². The Morgan fingerprint density at radius 3 is 2.67 bits per heavy atom. The molecule has 1 amide bonds. The van der Waals surface area contributed by atoms with Gasteiger partial charge >= 0.3 is 0 Å². The van der Waals surface area contributed by atoms with Gasteiger partial charge in [-0.05, 0) is 6.42 Å². The fraction of sp³-hybridized carbons (Fsp3) is 0.875. The SMILES string of the molecule is O=C([C@@H](O)CO)N1CC[C@H](O)C(F)(F)C1. The highest BCUT2D eigenvalue weighted by atomic mass is 19.3. The van der Waals surface area contributed by atoms with Crippen LogP contribution in [0.4, 0.5) is 8.78 Å². The smallest absolute Gasteiger partial charge is 0.290 e. The number of nitrogens with zero attached hydrogens (tertiary/aromatic N) is 1. The third kappa shape index (κ3) is 2.61. The topological polar surface area (TPSA) is 81.0 Å². The van der Waals surface area contributed by atoms with Crippen LogP contribution in [-0.2, 0) is 4.79 Å². The van der Waals surface area contributed by atoms with Crippen LogP contribution in [0.1, 0.15) is 6.42 Å². The standard InChI is InChI=1S/C8H13F2NO4/c9-8(10)4-11(2-1-6(8)14)7(15)5(13)3-12/h5-6,12-14H,1-4H2/t5-,6-/m0/s1. The molecule has 0 spiro atoms. The Labute approximate surface area is 84.9 Å². The minimum absolute atomic E-state index is 0.0490. The molecule has 0 aromatic heterocycles. The minimum Gasteiger partial charge on any atom is -0.393 e. The zero-order valence-electron chi connectivity index (χ0n) is 7.94. The van der Waals surface area contributed by atoms with Gasteiger partial charge in [0.05, 0.1) is 13.2 Å². The van der Waals surface area contributed by atoms with Crippen LogP contribution in [0.5, 0.6) is 0 Å². The number of hydrogen-bond acceptors (Lipinski definition) is 4. The van der Waals surface area contributed by atoms with Crippen LogP contribution in [0.15, 0.2) is 0 Å². The van der Waals surface area contributed by atoms with E-state index in [9.17, 15) is 13.6 Å². The number of piperidine rings is 1. The molecule has 0 unspecified atom stereocenters. The van der Waals surface area contributed by atoms with Gasteiger partial charge in [0, 0.05) is 6.54 Å². The molecule has 15 heavy (non-hydrogen) atoms. The van der Waals surface area contributed by atoms with E-state index in [0.29, 0.717) is 0 Å². The van der Waals surface area contributed by atoms with Crippen LogP contribution in [0.25, 0.3) is 0 Å². The van der Waals surface area contributed by atoms with Gasteiger partial charge in [-0.1, -0.05) is 0 Å². The molecule has 1 saturated heterocycles. The molecule has 0 aromatic rings. The Hall–Kier alpha value is -0.790. The highest BCUT2D eigenvalue weighted by molar-refractivity contribution is 5.81. The van der Waals surface area contributed by atoms with Crippen molar-refractivity contribution in [3.8, 4) is 0 Å². The van der Waals surface area contributed by atoms with Gasteiger partial charge in [0.25, 0.3) is 11.8 Å². The second-order valence-corrected chi connectivity index (χ2v) is 3.52. The van der Waals surface area contributed by atoms with Gasteiger partial charge in [-0.2, -0.15) is 0 Å². The van der Waals surface area contributed by atoms with Gasteiger partial charge in [-0.25, -0.2) is 8.78 Å². The lowest BCUT2D eigenvalue weighted by molar-refractivity contribution is -0.171. The zero-order valence-corrected chi connectivity index (χ0v) is 7.94. The lowest BCUT2D eigenvalue weighted by Gasteiger charge is -2.36. The highest BCUT2D eigenvalue weighted by Crippen LogP contribution is 2.27. The number of alkyl halides is 2. The number of likely N-dealkylation sites (tertiary alicyclic amines) is 1. The molecule has 1 rings (SSSR count). The van der Waals surface area contributed by atoms with Gasteiger partial charge in [-0.15, -0.1) is 0 Å². The molecule has 0 aromatic carbocycles. The molecule has 88 valence electrons. The number of carbonyl (C=O) groups excluding carboxylic acids is 1. The highest BCUT2D eigenvalue weighted by Gasteiger charge is 2.45. The normalized spacial score (nSPS) is 27.5. The Bertz CT molecular complexity index is 249. The van der Waals surface area contributed by atoms with Gasteiger partial charge in [-0.3, -0.25) is 4.79 Å². The van der Waals surface area contributed by atoms with Crippen LogP contribution < -0.4 is 0 Å². The summed E-state index contributed by atoms with van der Waals surface area (Å²) in [5.41, 5.74) is 0. The summed E-state index contributed by atoms with van der Waals surface area (Å²) in [5.74, 6) is -4.30. The summed E-state index contributed by atoms with van der Waals surface area (Å²) in [4.78, 5) is 12.0. The third-order valence-electron chi connectivity index (χ3n) is 2.33. The van der Waals surface area contributed by atoms with E-state index in [0.717, 1.165) is 4.90 Å². The molecule has 0 bridgehead atoms. The molecule has 7 heteroatoms. The Balaban J connectivity index is 2.63. The maximum absolute atomic E-state index is 13.0. The quantitative estimate of drug-likeness (QED) is 0.538. The fourth-order valence-corrected chi connectivity index (χ4v) is 1.41. The van der Waals surface area contributed by atoms with Crippen molar-refractivity contribution in [3.63, 3.8) is 0 Å². The number of amides is 1. The average Bonchev–Trinajstić information content (AvgIpc) is 2.19. The van der Waals surface area contributed by atoms with Crippen LogP contribution in [0, 0.1) is 0 Å². The van der Waals surface area contributed by atoms with Crippen LogP contribution in [0.2, 0.25) is 0 Å². The van der Waals surface area contributed by atoms with E-state index in [4.69, 9.17) is 15.3 Å². The van der Waals surface area contributed by atoms with Gasteiger partial charge in [0.15, 0.2) is 6.10 Å². The molecule has 0 radical (unpaired) electrons. The number of halogens is 2. The monoisotopic (exact) mass is 225 g/mol. The number of aliphatic hydroxyl groups is 3. The summed E-state index contributed by atoms with van der Waals surface area (Å²) >= 11 is 0. The molecule has 1 aliphatic heterocycles. The van der Waals surface area contributed by atoms with E-state index in [-0.39, 0.29) is 13.0 Å². The first-order valence-corrected chi connectivity index (χ1v) is 4.52. The molecule has 5 nitrogen and oxygen atoms in total. The van der Waals surface area contributed by atoms with Crippen molar-refractivity contribution in [3.05, 3.63) is 0 Å². The molecule has 1 aliphatic rings. The van der Waals surface area contributed by atoms with E-state index < -0.39 is 37.2 Å². The Kier molecular flexibility index (Phi) is 3.58. The summed E-state index contributed by atoms with van der Waals surface area (Å²) < 4.78 is 26.0. The third-order valence-corrected chi connectivity index (χ3v) is 2.33. The van der Waals surface area contributed by atoms with Crippen molar-refractivity contribution >= 4 is 5.91 Å². The first-order valence-electron chi connectivity index (χ1n) is 4.52. The summed E-state index contributed by atoms with van der Waals surface area (Å²) in [6, 6.07) is 0. The molecule has 1 heterocycles. The lowest BCUT2D eigenvalue weighted by Crippen LogP contribution is -2.55. The Morgan fingerprint density at radius 1 is 1.60 bits per heavy atom. The van der Waals surface area contributed by atoms with E-state index in [1.54, 1.807) is 0 Å². The molecule has 0 saturated carbocycles. The molecule has 2 atom stereocenters. The van der Waals surface area contributed by atoms with Crippen LogP contribution in [-0.4, -0.2) is 64.0 Å². The first-order chi connectivity index (χ1) is 6.88. The number of carbonyl (C=O) groups is 1. The summed E-state index contributed by atoms with van der Waals surface area (Å²) in [6.07, 6.45) is -3.67. The molecule has 0 aliphatic carbocycles. The Morgan fingerprint density at radius 2 is 2.20 bits per heavy atom. The van der Waals surface area contributed by atoms with Crippen LogP contribution >= 0.6 is 0 Å². The molecular weight excluding hydrogens is 212 g/mol. The number of aliphatic hydroxyl groups excluding tert-OH is 3. The molecule has 3 N–H and O–H groups in total.